The van der Waals surface area contributed by atoms with Gasteiger partial charge in [-0.25, -0.2) is 4.39 Å². The molecule has 0 atom stereocenters. The van der Waals surface area contributed by atoms with Gasteiger partial charge in [0.25, 0.3) is 0 Å². The van der Waals surface area contributed by atoms with Crippen LogP contribution >= 0.6 is 54.8 Å². The topological polar surface area (TPSA) is 17.1 Å². The minimum absolute atomic E-state index is 0.0180. The smallest absolute Gasteiger partial charge is 0.207 e. The van der Waals surface area contributed by atoms with E-state index >= 15 is 0 Å². The standard InChI is InChI=1S/C11H4Br2ClFOS/c12-7-4-17-11(9(7)13)10(16)6-2-1-5(14)3-8(6)15/h1-4H. The molecule has 0 N–H and O–H groups in total. The van der Waals surface area contributed by atoms with Gasteiger partial charge in [0, 0.05) is 14.9 Å². The van der Waals surface area contributed by atoms with Crippen molar-refractivity contribution in [3.8, 4) is 0 Å². The van der Waals surface area contributed by atoms with E-state index in [1.54, 1.807) is 5.38 Å². The molecule has 0 aliphatic rings. The summed E-state index contributed by atoms with van der Waals surface area (Å²) >= 11 is 13.5. The summed E-state index contributed by atoms with van der Waals surface area (Å²) in [5.41, 5.74) is 0.0180. The lowest BCUT2D eigenvalue weighted by Crippen LogP contribution is -2.02. The van der Waals surface area contributed by atoms with Crippen LogP contribution in [-0.2, 0) is 0 Å². The lowest BCUT2D eigenvalue weighted by Gasteiger charge is -2.01. The van der Waals surface area contributed by atoms with Crippen molar-refractivity contribution in [2.24, 2.45) is 0 Å². The van der Waals surface area contributed by atoms with Crippen molar-refractivity contribution in [1.29, 1.82) is 0 Å². The van der Waals surface area contributed by atoms with Gasteiger partial charge in [0.2, 0.25) is 5.78 Å². The van der Waals surface area contributed by atoms with Crippen LogP contribution in [-0.4, -0.2) is 5.78 Å². The molecular formula is C11H4Br2ClFOS. The maximum Gasteiger partial charge on any atom is 0.207 e. The maximum absolute atomic E-state index is 13.6. The highest BCUT2D eigenvalue weighted by atomic mass is 79.9. The Morgan fingerprint density at radius 3 is 2.59 bits per heavy atom. The van der Waals surface area contributed by atoms with E-state index in [2.05, 4.69) is 31.9 Å². The number of thiophene rings is 1. The van der Waals surface area contributed by atoms with Crippen LogP contribution in [0, 0.1) is 5.82 Å². The lowest BCUT2D eigenvalue weighted by atomic mass is 10.1. The zero-order chi connectivity index (χ0) is 12.6. The van der Waals surface area contributed by atoms with Crippen molar-refractivity contribution < 1.29 is 9.18 Å². The molecule has 1 nitrogen and oxygen atoms in total. The molecule has 0 aliphatic heterocycles. The third-order valence-corrected chi connectivity index (χ3v) is 5.83. The van der Waals surface area contributed by atoms with Crippen LogP contribution in [0.3, 0.4) is 0 Å². The molecule has 1 heterocycles. The summed E-state index contributed by atoms with van der Waals surface area (Å²) in [4.78, 5) is 12.5. The van der Waals surface area contributed by atoms with Gasteiger partial charge < -0.3 is 0 Å². The molecule has 0 spiro atoms. The third kappa shape index (κ3) is 2.62. The van der Waals surface area contributed by atoms with Crippen LogP contribution < -0.4 is 0 Å². The van der Waals surface area contributed by atoms with E-state index < -0.39 is 5.82 Å². The first-order chi connectivity index (χ1) is 8.00. The molecule has 0 fully saturated rings. The molecule has 0 amide bonds. The Labute approximate surface area is 123 Å². The highest BCUT2D eigenvalue weighted by molar-refractivity contribution is 9.13. The Morgan fingerprint density at radius 2 is 2.06 bits per heavy atom. The van der Waals surface area contributed by atoms with Gasteiger partial charge >= 0.3 is 0 Å². The zero-order valence-electron chi connectivity index (χ0n) is 8.14. The number of hydrogen-bond donors (Lipinski definition) is 0. The highest BCUT2D eigenvalue weighted by Gasteiger charge is 2.19. The zero-order valence-corrected chi connectivity index (χ0v) is 12.9. The summed E-state index contributed by atoms with van der Waals surface area (Å²) in [5.74, 6) is -0.972. The molecule has 17 heavy (non-hydrogen) atoms. The SMILES string of the molecule is O=C(c1ccc(Cl)cc1F)c1scc(Br)c1Br. The Hall–Kier alpha value is -0.230. The first-order valence-electron chi connectivity index (χ1n) is 4.43. The number of carbonyl (C=O) groups is 1. The molecular weight excluding hydrogens is 394 g/mol. The van der Waals surface area contributed by atoms with Gasteiger partial charge in [0.15, 0.2) is 0 Å². The summed E-state index contributed by atoms with van der Waals surface area (Å²) in [6.45, 7) is 0. The molecule has 6 heteroatoms. The van der Waals surface area contributed by atoms with Crippen LogP contribution in [0.4, 0.5) is 4.39 Å². The summed E-state index contributed by atoms with van der Waals surface area (Å²) < 4.78 is 15.0. The van der Waals surface area contributed by atoms with E-state index in [4.69, 9.17) is 11.6 Å². The quantitative estimate of drug-likeness (QED) is 0.628. The molecule has 1 aromatic carbocycles. The van der Waals surface area contributed by atoms with Crippen LogP contribution in [0.15, 0.2) is 32.5 Å². The van der Waals surface area contributed by atoms with Crippen molar-refractivity contribution in [3.05, 3.63) is 53.8 Å². The number of benzene rings is 1. The van der Waals surface area contributed by atoms with E-state index in [-0.39, 0.29) is 16.4 Å². The minimum atomic E-state index is -0.612. The van der Waals surface area contributed by atoms with Crippen molar-refractivity contribution in [2.45, 2.75) is 0 Å². The second-order valence-corrected chi connectivity index (χ2v) is 6.14. The molecule has 0 bridgehead atoms. The van der Waals surface area contributed by atoms with Crippen LogP contribution in [0.2, 0.25) is 5.02 Å². The normalized spacial score (nSPS) is 10.6. The first-order valence-corrected chi connectivity index (χ1v) is 7.27. The average Bonchev–Trinajstić information content (AvgIpc) is 2.59. The fraction of sp³-hybridized carbons (Fsp3) is 0. The van der Waals surface area contributed by atoms with Gasteiger partial charge in [0.1, 0.15) is 5.82 Å². The predicted octanol–water partition coefficient (Wildman–Crippen LogP) is 5.30. The Balaban J connectivity index is 2.47. The number of ketones is 1. The Morgan fingerprint density at radius 1 is 1.35 bits per heavy atom. The van der Waals surface area contributed by atoms with Gasteiger partial charge in [-0.15, -0.1) is 11.3 Å². The van der Waals surface area contributed by atoms with E-state index in [0.717, 1.165) is 10.5 Å². The second-order valence-electron chi connectivity index (χ2n) is 3.18. The number of rotatable bonds is 2. The monoisotopic (exact) mass is 396 g/mol. The van der Waals surface area contributed by atoms with Crippen LogP contribution in [0.5, 0.6) is 0 Å². The Bertz CT molecular complexity index is 597. The van der Waals surface area contributed by atoms with E-state index in [0.29, 0.717) is 9.35 Å². The summed E-state index contributed by atoms with van der Waals surface area (Å²) in [6, 6.07) is 4.01. The lowest BCUT2D eigenvalue weighted by molar-refractivity contribution is 0.103. The molecule has 0 aliphatic carbocycles. The molecule has 2 aromatic rings. The van der Waals surface area contributed by atoms with E-state index in [1.165, 1.54) is 23.5 Å². The van der Waals surface area contributed by atoms with Crippen molar-refractivity contribution in [3.63, 3.8) is 0 Å². The third-order valence-electron chi connectivity index (χ3n) is 2.07. The first kappa shape index (κ1) is 13.2. The van der Waals surface area contributed by atoms with Crippen molar-refractivity contribution in [2.75, 3.05) is 0 Å². The summed E-state index contributed by atoms with van der Waals surface area (Å²) in [6.07, 6.45) is 0. The molecule has 88 valence electrons. The van der Waals surface area contributed by atoms with Crippen molar-refractivity contribution in [1.82, 2.24) is 0 Å². The van der Waals surface area contributed by atoms with Crippen LogP contribution in [0.25, 0.3) is 0 Å². The molecule has 1 aromatic heterocycles. The van der Waals surface area contributed by atoms with Gasteiger partial charge in [0.05, 0.1) is 14.9 Å². The second kappa shape index (κ2) is 5.18. The number of carbonyl (C=O) groups excluding carboxylic acids is 1. The number of halogens is 4. The van der Waals surface area contributed by atoms with E-state index in [9.17, 15) is 9.18 Å². The highest BCUT2D eigenvalue weighted by Crippen LogP contribution is 2.34. The van der Waals surface area contributed by atoms with Gasteiger partial charge in [-0.1, -0.05) is 11.6 Å². The number of hydrogen-bond acceptors (Lipinski definition) is 2. The molecule has 0 saturated carbocycles. The predicted molar refractivity (Wildman–Crippen MR) is 74.6 cm³/mol. The molecule has 0 radical (unpaired) electrons. The van der Waals surface area contributed by atoms with Crippen LogP contribution in [0.1, 0.15) is 15.2 Å². The fourth-order valence-corrected chi connectivity index (χ4v) is 3.54. The largest absolute Gasteiger partial charge is 0.288 e. The molecule has 0 saturated heterocycles. The van der Waals surface area contributed by atoms with Crippen molar-refractivity contribution >= 4 is 60.6 Å². The summed E-state index contributed by atoms with van der Waals surface area (Å²) in [7, 11) is 0. The van der Waals surface area contributed by atoms with Gasteiger partial charge in [-0.3, -0.25) is 4.79 Å². The van der Waals surface area contributed by atoms with E-state index in [1.807, 2.05) is 0 Å². The minimum Gasteiger partial charge on any atom is -0.288 e. The maximum atomic E-state index is 13.6. The van der Waals surface area contributed by atoms with Gasteiger partial charge in [-0.2, -0.15) is 0 Å². The van der Waals surface area contributed by atoms with Gasteiger partial charge in [-0.05, 0) is 50.1 Å². The summed E-state index contributed by atoms with van der Waals surface area (Å²) in [5, 5.41) is 2.04. The Kier molecular flexibility index (Phi) is 4.02. The average molecular weight is 398 g/mol. The fourth-order valence-electron chi connectivity index (χ4n) is 1.27. The molecule has 2 rings (SSSR count). The molecule has 0 unspecified atom stereocenters.